The summed E-state index contributed by atoms with van der Waals surface area (Å²) in [6.45, 7) is 0. The molecule has 2 aromatic heterocycles. The summed E-state index contributed by atoms with van der Waals surface area (Å²) in [5.41, 5.74) is 2.20. The van der Waals surface area contributed by atoms with E-state index in [2.05, 4.69) is 15.3 Å². The number of ether oxygens (including phenoxy) is 1. The molecule has 0 saturated carbocycles. The average Bonchev–Trinajstić information content (AvgIpc) is 3.19. The van der Waals surface area contributed by atoms with E-state index in [4.69, 9.17) is 16.3 Å². The Morgan fingerprint density at radius 2 is 1.84 bits per heavy atom. The van der Waals surface area contributed by atoms with Gasteiger partial charge < -0.3 is 4.74 Å². The minimum absolute atomic E-state index is 0.604. The van der Waals surface area contributed by atoms with Gasteiger partial charge in [-0.25, -0.2) is 0 Å². The fourth-order valence-electron chi connectivity index (χ4n) is 2.61. The second kappa shape index (κ2) is 6.82. The Morgan fingerprint density at radius 3 is 2.60 bits per heavy atom. The molecule has 0 bridgehead atoms. The Morgan fingerprint density at radius 1 is 1.04 bits per heavy atom. The van der Waals surface area contributed by atoms with E-state index in [1.807, 2.05) is 53.0 Å². The standard InChI is InChI=1S/C18H15ClN4OS/c1-24-14-8-6-12(7-9-14)10-17-22-23-16(20-21-18(23)25-17)11-13-4-2-3-5-15(13)19/h2-9H,10-11H2,1H3. The van der Waals surface area contributed by atoms with Crippen molar-refractivity contribution >= 4 is 27.9 Å². The third-order valence-electron chi connectivity index (χ3n) is 3.92. The van der Waals surface area contributed by atoms with Crippen molar-refractivity contribution in [2.75, 3.05) is 7.11 Å². The molecule has 0 aliphatic heterocycles. The van der Waals surface area contributed by atoms with Crippen LogP contribution in [-0.4, -0.2) is 26.9 Å². The maximum atomic E-state index is 6.24. The number of rotatable bonds is 5. The predicted molar refractivity (Wildman–Crippen MR) is 98.7 cm³/mol. The van der Waals surface area contributed by atoms with Gasteiger partial charge in [0.15, 0.2) is 5.82 Å². The number of fused-ring (bicyclic) bond motifs is 1. The summed E-state index contributed by atoms with van der Waals surface area (Å²) in [6.07, 6.45) is 1.36. The molecule has 0 atom stereocenters. The van der Waals surface area contributed by atoms with Crippen molar-refractivity contribution in [3.8, 4) is 5.75 Å². The smallest absolute Gasteiger partial charge is 0.234 e. The second-order valence-electron chi connectivity index (χ2n) is 5.60. The van der Waals surface area contributed by atoms with E-state index in [0.29, 0.717) is 6.42 Å². The molecule has 0 aliphatic carbocycles. The van der Waals surface area contributed by atoms with Gasteiger partial charge in [0, 0.05) is 17.9 Å². The molecule has 2 heterocycles. The highest BCUT2D eigenvalue weighted by molar-refractivity contribution is 7.16. The number of hydrogen-bond donors (Lipinski definition) is 0. The Bertz CT molecular complexity index is 1010. The van der Waals surface area contributed by atoms with Gasteiger partial charge in [-0.2, -0.15) is 9.61 Å². The highest BCUT2D eigenvalue weighted by Crippen LogP contribution is 2.22. The zero-order valence-electron chi connectivity index (χ0n) is 13.5. The molecule has 5 nitrogen and oxygen atoms in total. The van der Waals surface area contributed by atoms with Crippen LogP contribution < -0.4 is 4.74 Å². The molecule has 0 fully saturated rings. The average molecular weight is 371 g/mol. The summed E-state index contributed by atoms with van der Waals surface area (Å²) in [5.74, 6) is 1.64. The van der Waals surface area contributed by atoms with Crippen LogP contribution in [0.1, 0.15) is 22.0 Å². The van der Waals surface area contributed by atoms with Crippen LogP contribution in [0.4, 0.5) is 0 Å². The Balaban J connectivity index is 1.58. The van der Waals surface area contributed by atoms with Crippen LogP contribution >= 0.6 is 22.9 Å². The van der Waals surface area contributed by atoms with Gasteiger partial charge >= 0.3 is 0 Å². The van der Waals surface area contributed by atoms with Crippen molar-refractivity contribution in [3.63, 3.8) is 0 Å². The van der Waals surface area contributed by atoms with Gasteiger partial charge in [-0.1, -0.05) is 53.3 Å². The lowest BCUT2D eigenvalue weighted by molar-refractivity contribution is 0.414. The van der Waals surface area contributed by atoms with E-state index < -0.39 is 0 Å². The topological polar surface area (TPSA) is 52.3 Å². The summed E-state index contributed by atoms with van der Waals surface area (Å²) >= 11 is 7.80. The van der Waals surface area contributed by atoms with E-state index >= 15 is 0 Å². The Hall–Kier alpha value is -2.44. The lowest BCUT2D eigenvalue weighted by Crippen LogP contribution is -1.99. The van der Waals surface area contributed by atoms with Crippen molar-refractivity contribution in [2.24, 2.45) is 0 Å². The van der Waals surface area contributed by atoms with Gasteiger partial charge in [0.2, 0.25) is 4.96 Å². The van der Waals surface area contributed by atoms with Crippen LogP contribution in [-0.2, 0) is 12.8 Å². The van der Waals surface area contributed by atoms with E-state index in [1.165, 1.54) is 5.56 Å². The second-order valence-corrected chi connectivity index (χ2v) is 7.05. The highest BCUT2D eigenvalue weighted by Gasteiger charge is 2.13. The van der Waals surface area contributed by atoms with E-state index in [9.17, 15) is 0 Å². The van der Waals surface area contributed by atoms with Crippen LogP contribution in [0.5, 0.6) is 5.75 Å². The summed E-state index contributed by atoms with van der Waals surface area (Å²) in [7, 11) is 1.67. The number of nitrogens with zero attached hydrogens (tertiary/aromatic N) is 4. The quantitative estimate of drug-likeness (QED) is 0.532. The zero-order chi connectivity index (χ0) is 17.2. The molecular weight excluding hydrogens is 356 g/mol. The first kappa shape index (κ1) is 16.1. The number of aromatic nitrogens is 4. The Kier molecular flexibility index (Phi) is 4.38. The molecule has 7 heteroatoms. The molecule has 0 spiro atoms. The summed E-state index contributed by atoms with van der Waals surface area (Å²) in [6, 6.07) is 15.8. The fraction of sp³-hybridized carbons (Fsp3) is 0.167. The minimum atomic E-state index is 0.604. The van der Waals surface area contributed by atoms with Crippen molar-refractivity contribution in [2.45, 2.75) is 12.8 Å². The highest BCUT2D eigenvalue weighted by atomic mass is 35.5. The summed E-state index contributed by atoms with van der Waals surface area (Å²) in [4.78, 5) is 0.797. The molecule has 0 radical (unpaired) electrons. The van der Waals surface area contributed by atoms with Crippen LogP contribution in [0.15, 0.2) is 48.5 Å². The van der Waals surface area contributed by atoms with Crippen LogP contribution in [0, 0.1) is 0 Å². The molecule has 4 rings (SSSR count). The molecule has 0 N–H and O–H groups in total. The van der Waals surface area contributed by atoms with Crippen molar-refractivity contribution in [1.29, 1.82) is 0 Å². The van der Waals surface area contributed by atoms with Gasteiger partial charge in [-0.05, 0) is 29.3 Å². The fourth-order valence-corrected chi connectivity index (χ4v) is 3.70. The third-order valence-corrected chi connectivity index (χ3v) is 5.19. The molecule has 0 saturated heterocycles. The normalized spacial score (nSPS) is 11.1. The predicted octanol–water partition coefficient (Wildman–Crippen LogP) is 4.03. The van der Waals surface area contributed by atoms with Gasteiger partial charge in [0.25, 0.3) is 0 Å². The first-order valence-corrected chi connectivity index (χ1v) is 8.99. The largest absolute Gasteiger partial charge is 0.497 e. The molecule has 0 aliphatic rings. The number of hydrogen-bond acceptors (Lipinski definition) is 5. The molecule has 0 unspecified atom stereocenters. The molecule has 4 aromatic rings. The van der Waals surface area contributed by atoms with Crippen LogP contribution in [0.25, 0.3) is 4.96 Å². The van der Waals surface area contributed by atoms with Gasteiger partial charge in [-0.3, -0.25) is 0 Å². The van der Waals surface area contributed by atoms with Gasteiger partial charge in [0.05, 0.1) is 7.11 Å². The maximum Gasteiger partial charge on any atom is 0.234 e. The van der Waals surface area contributed by atoms with Crippen molar-refractivity contribution in [1.82, 2.24) is 19.8 Å². The number of methoxy groups -OCH3 is 1. The SMILES string of the molecule is COc1ccc(Cc2nn3c(Cc4ccccc4Cl)nnc3s2)cc1. The first-order valence-electron chi connectivity index (χ1n) is 7.79. The molecule has 0 amide bonds. The minimum Gasteiger partial charge on any atom is -0.497 e. The number of benzene rings is 2. The van der Waals surface area contributed by atoms with Gasteiger partial charge in [-0.15, -0.1) is 10.2 Å². The third kappa shape index (κ3) is 3.36. The number of halogens is 1. The monoisotopic (exact) mass is 370 g/mol. The van der Waals surface area contributed by atoms with E-state index in [0.717, 1.165) is 38.5 Å². The zero-order valence-corrected chi connectivity index (χ0v) is 15.1. The molecule has 2 aromatic carbocycles. The summed E-state index contributed by atoms with van der Waals surface area (Å²) in [5, 5.41) is 14.9. The summed E-state index contributed by atoms with van der Waals surface area (Å²) < 4.78 is 7.00. The van der Waals surface area contributed by atoms with Crippen LogP contribution in [0.3, 0.4) is 0 Å². The van der Waals surface area contributed by atoms with Crippen molar-refractivity contribution in [3.05, 3.63) is 75.5 Å². The molecule has 25 heavy (non-hydrogen) atoms. The van der Waals surface area contributed by atoms with Gasteiger partial charge in [0.1, 0.15) is 10.8 Å². The molecule has 126 valence electrons. The van der Waals surface area contributed by atoms with E-state index in [-0.39, 0.29) is 0 Å². The lowest BCUT2D eigenvalue weighted by atomic mass is 10.1. The van der Waals surface area contributed by atoms with E-state index in [1.54, 1.807) is 18.4 Å². The lowest BCUT2D eigenvalue weighted by Gasteiger charge is -2.02. The Labute approximate surface area is 153 Å². The van der Waals surface area contributed by atoms with Crippen molar-refractivity contribution < 1.29 is 4.74 Å². The first-order chi connectivity index (χ1) is 12.2. The molecular formula is C18H15ClN4OS. The van der Waals surface area contributed by atoms with Crippen LogP contribution in [0.2, 0.25) is 5.02 Å². The maximum absolute atomic E-state index is 6.24.